The van der Waals surface area contributed by atoms with Crippen LogP contribution < -0.4 is 0 Å². The summed E-state index contributed by atoms with van der Waals surface area (Å²) in [6.07, 6.45) is 5.64. The van der Waals surface area contributed by atoms with Gasteiger partial charge in [-0.05, 0) is 18.9 Å². The highest BCUT2D eigenvalue weighted by Gasteiger charge is 2.00. The Morgan fingerprint density at radius 2 is 2.57 bits per heavy atom. The van der Waals surface area contributed by atoms with Crippen molar-refractivity contribution in [3.05, 3.63) is 11.8 Å². The SMILES string of the molecule is [Si]OC1=CCCC1. The average Bonchev–Trinajstić information content (AvgIpc) is 2.14. The fourth-order valence-electron chi connectivity index (χ4n) is 0.734. The molecule has 0 spiro atoms. The third-order valence-electron chi connectivity index (χ3n) is 1.13. The Balaban J connectivity index is 2.36. The van der Waals surface area contributed by atoms with Crippen molar-refractivity contribution in [2.24, 2.45) is 0 Å². The molecule has 1 rings (SSSR count). The van der Waals surface area contributed by atoms with Crippen LogP contribution in [0.15, 0.2) is 11.8 Å². The second kappa shape index (κ2) is 2.16. The van der Waals surface area contributed by atoms with Gasteiger partial charge in [0.2, 0.25) is 0 Å². The molecular weight excluding hydrogens is 104 g/mol. The summed E-state index contributed by atoms with van der Waals surface area (Å²) in [7, 11) is 2.95. The van der Waals surface area contributed by atoms with Gasteiger partial charge in [-0.1, -0.05) is 0 Å². The lowest BCUT2D eigenvalue weighted by Crippen LogP contribution is -1.79. The number of rotatable bonds is 1. The quantitative estimate of drug-likeness (QED) is 0.461. The van der Waals surface area contributed by atoms with Crippen molar-refractivity contribution < 1.29 is 4.43 Å². The van der Waals surface area contributed by atoms with Crippen molar-refractivity contribution in [2.75, 3.05) is 0 Å². The first-order valence-corrected chi connectivity index (χ1v) is 2.87. The Bertz CT molecular complexity index is 88.1. The summed E-state index contributed by atoms with van der Waals surface area (Å²) in [5.74, 6) is 1.08. The van der Waals surface area contributed by atoms with Crippen LogP contribution in [0.2, 0.25) is 0 Å². The maximum atomic E-state index is 4.78. The van der Waals surface area contributed by atoms with E-state index in [0.717, 1.165) is 12.2 Å². The van der Waals surface area contributed by atoms with E-state index < -0.39 is 0 Å². The predicted octanol–water partition coefficient (Wildman–Crippen LogP) is 1.15. The molecule has 0 atom stereocenters. The van der Waals surface area contributed by atoms with Crippen LogP contribution in [0.25, 0.3) is 0 Å². The van der Waals surface area contributed by atoms with Gasteiger partial charge in [0.1, 0.15) is 0 Å². The number of hydrogen-bond acceptors (Lipinski definition) is 1. The van der Waals surface area contributed by atoms with Crippen LogP contribution in [0.3, 0.4) is 0 Å². The lowest BCUT2D eigenvalue weighted by molar-refractivity contribution is 0.453. The van der Waals surface area contributed by atoms with Gasteiger partial charge in [0.05, 0.1) is 5.76 Å². The molecule has 2 heteroatoms. The van der Waals surface area contributed by atoms with E-state index in [0.29, 0.717) is 0 Å². The van der Waals surface area contributed by atoms with Gasteiger partial charge in [-0.3, -0.25) is 0 Å². The van der Waals surface area contributed by atoms with Crippen molar-refractivity contribution in [3.63, 3.8) is 0 Å². The second-order valence-corrected chi connectivity index (χ2v) is 1.87. The van der Waals surface area contributed by atoms with E-state index in [1.165, 1.54) is 12.8 Å². The minimum Gasteiger partial charge on any atom is -0.544 e. The van der Waals surface area contributed by atoms with E-state index in [1.807, 2.05) is 0 Å². The number of allylic oxidation sites excluding steroid dienone is 2. The highest BCUT2D eigenvalue weighted by atomic mass is 28.2. The molecule has 0 unspecified atom stereocenters. The first-order chi connectivity index (χ1) is 3.43. The Morgan fingerprint density at radius 1 is 1.71 bits per heavy atom. The Labute approximate surface area is 46.9 Å². The highest BCUT2D eigenvalue weighted by Crippen LogP contribution is 2.16. The largest absolute Gasteiger partial charge is 0.544 e. The van der Waals surface area contributed by atoms with E-state index in [-0.39, 0.29) is 0 Å². The lowest BCUT2D eigenvalue weighted by atomic mass is 10.4. The molecule has 3 radical (unpaired) electrons. The minimum atomic E-state index is 1.08. The van der Waals surface area contributed by atoms with Gasteiger partial charge in [-0.15, -0.1) is 0 Å². The second-order valence-electron chi connectivity index (χ2n) is 1.66. The van der Waals surface area contributed by atoms with Crippen LogP contribution in [-0.4, -0.2) is 10.5 Å². The molecule has 0 fully saturated rings. The summed E-state index contributed by atoms with van der Waals surface area (Å²) < 4.78 is 4.78. The zero-order valence-corrected chi connectivity index (χ0v) is 5.11. The summed E-state index contributed by atoms with van der Waals surface area (Å²) in [6.45, 7) is 0. The van der Waals surface area contributed by atoms with E-state index >= 15 is 0 Å². The van der Waals surface area contributed by atoms with Gasteiger partial charge in [0.15, 0.2) is 0 Å². The van der Waals surface area contributed by atoms with Crippen LogP contribution in [0, 0.1) is 0 Å². The summed E-state index contributed by atoms with van der Waals surface area (Å²) in [5, 5.41) is 0. The molecule has 0 heterocycles. The van der Waals surface area contributed by atoms with Crippen LogP contribution in [0.5, 0.6) is 0 Å². The summed E-state index contributed by atoms with van der Waals surface area (Å²) >= 11 is 0. The van der Waals surface area contributed by atoms with Crippen LogP contribution >= 0.6 is 0 Å². The zero-order valence-electron chi connectivity index (χ0n) is 4.11. The molecule has 0 saturated heterocycles. The van der Waals surface area contributed by atoms with E-state index in [1.54, 1.807) is 0 Å². The first-order valence-electron chi connectivity index (χ1n) is 2.46. The van der Waals surface area contributed by atoms with Crippen molar-refractivity contribution in [3.8, 4) is 0 Å². The first kappa shape index (κ1) is 4.90. The van der Waals surface area contributed by atoms with Gasteiger partial charge < -0.3 is 4.43 Å². The van der Waals surface area contributed by atoms with Gasteiger partial charge in [0, 0.05) is 6.42 Å². The molecule has 1 aliphatic carbocycles. The molecule has 0 aromatic heterocycles. The standard InChI is InChI=1S/C5H7OSi/c7-6-5-3-1-2-4-5/h3H,1-2,4H2. The Kier molecular flexibility index (Phi) is 1.52. The minimum absolute atomic E-state index is 1.08. The lowest BCUT2D eigenvalue weighted by Gasteiger charge is -1.94. The van der Waals surface area contributed by atoms with Crippen molar-refractivity contribution in [1.29, 1.82) is 0 Å². The monoisotopic (exact) mass is 111 g/mol. The molecule has 0 amide bonds. The summed E-state index contributed by atoms with van der Waals surface area (Å²) in [4.78, 5) is 0. The fourth-order valence-corrected chi connectivity index (χ4v) is 0.919. The third kappa shape index (κ3) is 1.06. The molecule has 0 saturated carbocycles. The predicted molar refractivity (Wildman–Crippen MR) is 28.8 cm³/mol. The molecule has 0 bridgehead atoms. The molecule has 7 heavy (non-hydrogen) atoms. The van der Waals surface area contributed by atoms with Crippen LogP contribution in [0.4, 0.5) is 0 Å². The summed E-state index contributed by atoms with van der Waals surface area (Å²) in [6, 6.07) is 0. The van der Waals surface area contributed by atoms with E-state index in [2.05, 4.69) is 16.6 Å². The molecule has 0 aromatic rings. The average molecular weight is 111 g/mol. The van der Waals surface area contributed by atoms with Crippen molar-refractivity contribution in [1.82, 2.24) is 0 Å². The molecule has 0 aromatic carbocycles. The molecular formula is C5H7OSi. The Hall–Kier alpha value is -0.243. The van der Waals surface area contributed by atoms with Gasteiger partial charge in [-0.25, -0.2) is 0 Å². The van der Waals surface area contributed by atoms with Gasteiger partial charge in [-0.2, -0.15) is 0 Å². The smallest absolute Gasteiger partial charge is 0.340 e. The third-order valence-corrected chi connectivity index (χ3v) is 1.39. The van der Waals surface area contributed by atoms with E-state index in [9.17, 15) is 0 Å². The highest BCUT2D eigenvalue weighted by molar-refractivity contribution is 5.98. The topological polar surface area (TPSA) is 9.23 Å². The Morgan fingerprint density at radius 3 is 2.86 bits per heavy atom. The normalized spacial score (nSPS) is 19.3. The van der Waals surface area contributed by atoms with E-state index in [4.69, 9.17) is 4.43 Å². The van der Waals surface area contributed by atoms with Gasteiger partial charge >= 0.3 is 10.5 Å². The maximum absolute atomic E-state index is 4.78. The maximum Gasteiger partial charge on any atom is 0.340 e. The molecule has 1 aliphatic rings. The number of hydrogen-bond donors (Lipinski definition) is 0. The van der Waals surface area contributed by atoms with Gasteiger partial charge in [0.25, 0.3) is 0 Å². The summed E-state index contributed by atoms with van der Waals surface area (Å²) in [5.41, 5.74) is 0. The van der Waals surface area contributed by atoms with Crippen molar-refractivity contribution in [2.45, 2.75) is 19.3 Å². The van der Waals surface area contributed by atoms with Crippen LogP contribution in [0.1, 0.15) is 19.3 Å². The molecule has 37 valence electrons. The molecule has 0 aliphatic heterocycles. The molecule has 0 N–H and O–H groups in total. The van der Waals surface area contributed by atoms with Crippen LogP contribution in [-0.2, 0) is 4.43 Å². The fraction of sp³-hybridized carbons (Fsp3) is 0.600. The zero-order chi connectivity index (χ0) is 5.11. The molecule has 1 nitrogen and oxygen atoms in total. The van der Waals surface area contributed by atoms with Crippen molar-refractivity contribution >= 4 is 10.5 Å².